The number of hydrogen-bond donors (Lipinski definition) is 1. The molecule has 0 saturated carbocycles. The minimum Gasteiger partial charge on any atom is -0.464 e. The summed E-state index contributed by atoms with van der Waals surface area (Å²) in [6.45, 7) is 6.73. The van der Waals surface area contributed by atoms with Gasteiger partial charge in [-0.25, -0.2) is 0 Å². The first-order chi connectivity index (χ1) is 9.36. The van der Waals surface area contributed by atoms with Crippen LogP contribution in [0.15, 0.2) is 34.9 Å². The number of fused-ring (bicyclic) bond motifs is 1. The lowest BCUT2D eigenvalue weighted by Crippen LogP contribution is -2.45. The molecule has 1 saturated heterocycles. The molecule has 19 heavy (non-hydrogen) atoms. The first kappa shape index (κ1) is 12.7. The summed E-state index contributed by atoms with van der Waals surface area (Å²) in [4.78, 5) is 2.52. The van der Waals surface area contributed by atoms with Crippen LogP contribution in [0.3, 0.4) is 0 Å². The number of likely N-dealkylation sites (tertiary alicyclic amines) is 1. The zero-order valence-electron chi connectivity index (χ0n) is 11.6. The van der Waals surface area contributed by atoms with Crippen molar-refractivity contribution in [3.05, 3.63) is 36.1 Å². The topological polar surface area (TPSA) is 28.4 Å². The standard InChI is InChI=1S/C16H22N2O/c1-2-18-9-5-6-14(11-18)17-10-13-12-19-16-8-4-3-7-15(13)16/h3-4,7-8,12,14,17H,2,5-6,9-11H2,1H3. The Morgan fingerprint density at radius 2 is 2.26 bits per heavy atom. The van der Waals surface area contributed by atoms with Crippen LogP contribution in [-0.4, -0.2) is 30.6 Å². The third-order valence-electron chi connectivity index (χ3n) is 4.10. The van der Waals surface area contributed by atoms with E-state index in [1.54, 1.807) is 0 Å². The third-order valence-corrected chi connectivity index (χ3v) is 4.10. The molecule has 0 amide bonds. The highest BCUT2D eigenvalue weighted by atomic mass is 16.3. The molecule has 1 aliphatic heterocycles. The molecule has 2 aromatic rings. The zero-order valence-corrected chi connectivity index (χ0v) is 11.6. The van der Waals surface area contributed by atoms with Gasteiger partial charge in [0, 0.05) is 30.1 Å². The molecule has 1 aromatic carbocycles. The fourth-order valence-corrected chi connectivity index (χ4v) is 2.93. The molecule has 102 valence electrons. The van der Waals surface area contributed by atoms with Gasteiger partial charge in [0.15, 0.2) is 0 Å². The Morgan fingerprint density at radius 1 is 1.37 bits per heavy atom. The number of rotatable bonds is 4. The van der Waals surface area contributed by atoms with Crippen LogP contribution < -0.4 is 5.32 Å². The van der Waals surface area contributed by atoms with Gasteiger partial charge in [0.05, 0.1) is 6.26 Å². The molecular formula is C16H22N2O. The second-order valence-corrected chi connectivity index (χ2v) is 5.37. The number of nitrogens with zero attached hydrogens (tertiary/aromatic N) is 1. The van der Waals surface area contributed by atoms with Crippen molar-refractivity contribution >= 4 is 11.0 Å². The van der Waals surface area contributed by atoms with Gasteiger partial charge in [-0.3, -0.25) is 0 Å². The van der Waals surface area contributed by atoms with Crippen molar-refractivity contribution in [1.82, 2.24) is 10.2 Å². The second kappa shape index (κ2) is 5.76. The van der Waals surface area contributed by atoms with E-state index in [1.165, 1.54) is 36.9 Å². The Kier molecular flexibility index (Phi) is 3.85. The Hall–Kier alpha value is -1.32. The molecule has 3 rings (SSSR count). The lowest BCUT2D eigenvalue weighted by atomic mass is 10.1. The minimum atomic E-state index is 0.613. The first-order valence-electron chi connectivity index (χ1n) is 7.27. The van der Waals surface area contributed by atoms with E-state index in [2.05, 4.69) is 29.3 Å². The van der Waals surface area contributed by atoms with Crippen LogP contribution >= 0.6 is 0 Å². The summed E-state index contributed by atoms with van der Waals surface area (Å²) in [6.07, 6.45) is 4.47. The summed E-state index contributed by atoms with van der Waals surface area (Å²) in [6, 6.07) is 8.86. The molecule has 0 spiro atoms. The van der Waals surface area contributed by atoms with E-state index in [0.29, 0.717) is 6.04 Å². The number of para-hydroxylation sites is 1. The van der Waals surface area contributed by atoms with Gasteiger partial charge >= 0.3 is 0 Å². The predicted octanol–water partition coefficient (Wildman–Crippen LogP) is 3.01. The number of benzene rings is 1. The lowest BCUT2D eigenvalue weighted by molar-refractivity contribution is 0.198. The summed E-state index contributed by atoms with van der Waals surface area (Å²) < 4.78 is 5.58. The van der Waals surface area contributed by atoms with Crippen molar-refractivity contribution in [2.24, 2.45) is 0 Å². The molecule has 1 aliphatic rings. The first-order valence-corrected chi connectivity index (χ1v) is 7.27. The molecule has 1 unspecified atom stereocenters. The SMILES string of the molecule is CCN1CCCC(NCc2coc3ccccc23)C1. The van der Waals surface area contributed by atoms with Crippen LogP contribution in [-0.2, 0) is 6.54 Å². The maximum Gasteiger partial charge on any atom is 0.134 e. The van der Waals surface area contributed by atoms with Gasteiger partial charge in [0.2, 0.25) is 0 Å². The average molecular weight is 258 g/mol. The molecule has 1 fully saturated rings. The van der Waals surface area contributed by atoms with E-state index in [0.717, 1.165) is 18.7 Å². The molecular weight excluding hydrogens is 236 g/mol. The van der Waals surface area contributed by atoms with Gasteiger partial charge in [0.1, 0.15) is 5.58 Å². The maximum absolute atomic E-state index is 5.58. The van der Waals surface area contributed by atoms with E-state index in [-0.39, 0.29) is 0 Å². The van der Waals surface area contributed by atoms with Crippen molar-refractivity contribution in [1.29, 1.82) is 0 Å². The molecule has 0 aliphatic carbocycles. The van der Waals surface area contributed by atoms with Gasteiger partial charge in [0.25, 0.3) is 0 Å². The van der Waals surface area contributed by atoms with Crippen molar-refractivity contribution in [2.75, 3.05) is 19.6 Å². The van der Waals surface area contributed by atoms with Crippen LogP contribution in [0.5, 0.6) is 0 Å². The lowest BCUT2D eigenvalue weighted by Gasteiger charge is -2.32. The van der Waals surface area contributed by atoms with Gasteiger partial charge in [-0.05, 0) is 32.0 Å². The van der Waals surface area contributed by atoms with Crippen molar-refractivity contribution in [2.45, 2.75) is 32.4 Å². The Morgan fingerprint density at radius 3 is 3.16 bits per heavy atom. The minimum absolute atomic E-state index is 0.613. The maximum atomic E-state index is 5.58. The van der Waals surface area contributed by atoms with Crippen LogP contribution in [0.2, 0.25) is 0 Å². The van der Waals surface area contributed by atoms with E-state index >= 15 is 0 Å². The summed E-state index contributed by atoms with van der Waals surface area (Å²) in [7, 11) is 0. The highest BCUT2D eigenvalue weighted by Crippen LogP contribution is 2.21. The number of furan rings is 1. The number of likely N-dealkylation sites (N-methyl/N-ethyl adjacent to an activating group) is 1. The number of piperidine rings is 1. The van der Waals surface area contributed by atoms with E-state index in [4.69, 9.17) is 4.42 Å². The Labute approximate surface area is 114 Å². The van der Waals surface area contributed by atoms with Crippen molar-refractivity contribution in [3.63, 3.8) is 0 Å². The highest BCUT2D eigenvalue weighted by molar-refractivity contribution is 5.80. The average Bonchev–Trinajstić information content (AvgIpc) is 2.89. The summed E-state index contributed by atoms with van der Waals surface area (Å²) in [5.74, 6) is 0. The van der Waals surface area contributed by atoms with Gasteiger partial charge in [-0.1, -0.05) is 25.1 Å². The highest BCUT2D eigenvalue weighted by Gasteiger charge is 2.18. The van der Waals surface area contributed by atoms with Gasteiger partial charge < -0.3 is 14.6 Å². The number of nitrogens with one attached hydrogen (secondary N) is 1. The molecule has 3 nitrogen and oxygen atoms in total. The van der Waals surface area contributed by atoms with E-state index < -0.39 is 0 Å². The van der Waals surface area contributed by atoms with Crippen LogP contribution in [0.25, 0.3) is 11.0 Å². The Bertz CT molecular complexity index is 534. The van der Waals surface area contributed by atoms with E-state index in [9.17, 15) is 0 Å². The molecule has 2 heterocycles. The fraction of sp³-hybridized carbons (Fsp3) is 0.500. The summed E-state index contributed by atoms with van der Waals surface area (Å²) >= 11 is 0. The Balaban J connectivity index is 1.63. The van der Waals surface area contributed by atoms with Gasteiger partial charge in [-0.15, -0.1) is 0 Å². The number of hydrogen-bond acceptors (Lipinski definition) is 3. The second-order valence-electron chi connectivity index (χ2n) is 5.37. The fourth-order valence-electron chi connectivity index (χ4n) is 2.93. The normalized spacial score (nSPS) is 21.0. The van der Waals surface area contributed by atoms with Crippen molar-refractivity contribution < 1.29 is 4.42 Å². The molecule has 0 radical (unpaired) electrons. The predicted molar refractivity (Wildman–Crippen MR) is 78.2 cm³/mol. The molecule has 3 heteroatoms. The molecule has 1 N–H and O–H groups in total. The van der Waals surface area contributed by atoms with Crippen LogP contribution in [0, 0.1) is 0 Å². The molecule has 0 bridgehead atoms. The smallest absolute Gasteiger partial charge is 0.134 e. The van der Waals surface area contributed by atoms with E-state index in [1.807, 2.05) is 18.4 Å². The quantitative estimate of drug-likeness (QED) is 0.914. The molecule has 1 atom stereocenters. The third kappa shape index (κ3) is 2.82. The van der Waals surface area contributed by atoms with Crippen LogP contribution in [0.4, 0.5) is 0 Å². The summed E-state index contributed by atoms with van der Waals surface area (Å²) in [5, 5.41) is 4.91. The van der Waals surface area contributed by atoms with Gasteiger partial charge in [-0.2, -0.15) is 0 Å². The zero-order chi connectivity index (χ0) is 13.1. The van der Waals surface area contributed by atoms with Crippen LogP contribution in [0.1, 0.15) is 25.3 Å². The summed E-state index contributed by atoms with van der Waals surface area (Å²) in [5.41, 5.74) is 2.25. The monoisotopic (exact) mass is 258 g/mol. The molecule has 1 aromatic heterocycles. The van der Waals surface area contributed by atoms with Crippen molar-refractivity contribution in [3.8, 4) is 0 Å². The largest absolute Gasteiger partial charge is 0.464 e.